The minimum atomic E-state index is 0.298. The van der Waals surface area contributed by atoms with Crippen LogP contribution in [0.3, 0.4) is 0 Å². The summed E-state index contributed by atoms with van der Waals surface area (Å²) in [5.74, 6) is 2.06. The molecule has 1 saturated carbocycles. The lowest BCUT2D eigenvalue weighted by Crippen LogP contribution is -2.26. The van der Waals surface area contributed by atoms with E-state index < -0.39 is 0 Å². The van der Waals surface area contributed by atoms with Crippen molar-refractivity contribution in [2.45, 2.75) is 44.6 Å². The average Bonchev–Trinajstić information content (AvgIpc) is 3.30. The highest BCUT2D eigenvalue weighted by molar-refractivity contribution is 5.28. The molecule has 3 rings (SSSR count). The van der Waals surface area contributed by atoms with Crippen LogP contribution in [0.25, 0.3) is 0 Å². The highest BCUT2D eigenvalue weighted by Crippen LogP contribution is 2.32. The normalized spacial score (nSPS) is 23.5. The first kappa shape index (κ1) is 15.9. The van der Waals surface area contributed by atoms with Crippen molar-refractivity contribution in [1.82, 2.24) is 0 Å². The van der Waals surface area contributed by atoms with E-state index in [1.807, 2.05) is 0 Å². The summed E-state index contributed by atoms with van der Waals surface area (Å²) in [6, 6.07) is 0. The minimum absolute atomic E-state index is 0.298. The lowest BCUT2D eigenvalue weighted by molar-refractivity contribution is -0.0154. The maximum atomic E-state index is 5.86. The fraction of sp³-hybridized carbons (Fsp3) is 0.556. The Morgan fingerprint density at radius 1 is 1.48 bits per heavy atom. The van der Waals surface area contributed by atoms with Gasteiger partial charge in [0.15, 0.2) is 0 Å². The molecule has 2 aliphatic carbocycles. The van der Waals surface area contributed by atoms with Crippen molar-refractivity contribution in [3.8, 4) is 0 Å². The van der Waals surface area contributed by atoms with E-state index in [4.69, 9.17) is 15.2 Å². The quantitative estimate of drug-likeness (QED) is 0.782. The zero-order chi connectivity index (χ0) is 15.1. The molecule has 1 unspecified atom stereocenters. The lowest BCUT2D eigenvalue weighted by Gasteiger charge is -2.28. The smallest absolute Gasteiger partial charge is 0.114 e. The van der Waals surface area contributed by atoms with Gasteiger partial charge in [-0.25, -0.2) is 0 Å². The second-order valence-electron chi connectivity index (χ2n) is 5.95. The third-order valence-electron chi connectivity index (χ3n) is 3.78. The van der Waals surface area contributed by atoms with Gasteiger partial charge in [-0.2, -0.15) is 0 Å². The molecule has 116 valence electrons. The monoisotopic (exact) mass is 289 g/mol. The molecule has 0 saturated heterocycles. The summed E-state index contributed by atoms with van der Waals surface area (Å²) in [6.45, 7) is 8.62. The van der Waals surface area contributed by atoms with Crippen LogP contribution in [0, 0.1) is 5.92 Å². The van der Waals surface area contributed by atoms with Gasteiger partial charge in [-0.05, 0) is 30.8 Å². The molecule has 0 aromatic carbocycles. The molecule has 3 aliphatic rings. The summed E-state index contributed by atoms with van der Waals surface area (Å²) in [5.41, 5.74) is 7.18. The zero-order valence-electron chi connectivity index (χ0n) is 12.9. The van der Waals surface area contributed by atoms with Crippen molar-refractivity contribution in [1.29, 1.82) is 0 Å². The molecule has 1 fully saturated rings. The predicted octanol–water partition coefficient (Wildman–Crippen LogP) is 3.84. The Kier molecular flexibility index (Phi) is 6.12. The Bertz CT molecular complexity index is 432. The molecule has 2 N–H and O–H groups in total. The SMILES string of the molecule is C1=CC2=C(CC1)OCC(OCC1CC1)C2.C=CCC(=C)N. The van der Waals surface area contributed by atoms with Crippen LogP contribution in [0.15, 0.2) is 48.4 Å². The van der Waals surface area contributed by atoms with Crippen LogP contribution in [0.4, 0.5) is 0 Å². The van der Waals surface area contributed by atoms with Gasteiger partial charge >= 0.3 is 0 Å². The number of allylic oxidation sites excluding steroid dienone is 4. The Morgan fingerprint density at radius 3 is 2.90 bits per heavy atom. The van der Waals surface area contributed by atoms with Crippen LogP contribution < -0.4 is 5.73 Å². The summed E-state index contributed by atoms with van der Waals surface area (Å²) in [6.07, 6.45) is 13.2. The van der Waals surface area contributed by atoms with Gasteiger partial charge in [0.05, 0.1) is 11.9 Å². The summed E-state index contributed by atoms with van der Waals surface area (Å²) < 4.78 is 11.6. The first-order chi connectivity index (χ1) is 10.2. The molecule has 21 heavy (non-hydrogen) atoms. The Hall–Kier alpha value is -1.48. The van der Waals surface area contributed by atoms with Crippen LogP contribution in [-0.2, 0) is 9.47 Å². The maximum Gasteiger partial charge on any atom is 0.114 e. The topological polar surface area (TPSA) is 44.5 Å². The second kappa shape index (κ2) is 8.08. The molecule has 0 radical (unpaired) electrons. The highest BCUT2D eigenvalue weighted by Gasteiger charge is 2.26. The van der Waals surface area contributed by atoms with Gasteiger partial charge in [-0.3, -0.25) is 0 Å². The first-order valence-electron chi connectivity index (χ1n) is 7.86. The largest absolute Gasteiger partial charge is 0.495 e. The van der Waals surface area contributed by atoms with Crippen molar-refractivity contribution < 1.29 is 9.47 Å². The maximum absolute atomic E-state index is 5.86. The molecule has 1 aliphatic heterocycles. The Labute approximate surface area is 128 Å². The van der Waals surface area contributed by atoms with Gasteiger partial charge in [-0.1, -0.05) is 24.8 Å². The summed E-state index contributed by atoms with van der Waals surface area (Å²) >= 11 is 0. The fourth-order valence-corrected chi connectivity index (χ4v) is 2.39. The van der Waals surface area contributed by atoms with Crippen molar-refractivity contribution in [3.05, 3.63) is 48.4 Å². The number of ether oxygens (including phenoxy) is 2. The zero-order valence-corrected chi connectivity index (χ0v) is 12.9. The standard InChI is InChI=1S/C13H18O2.C5H9N/c1-2-4-13-11(3-1)7-12(9-15-13)14-8-10-5-6-10;1-3-4-5(2)6/h1,3,10,12H,2,4-9H2;3H,1-2,4,6H2. The van der Waals surface area contributed by atoms with Gasteiger partial charge in [0.1, 0.15) is 6.61 Å². The number of nitrogens with two attached hydrogens (primary N) is 1. The fourth-order valence-electron chi connectivity index (χ4n) is 2.39. The van der Waals surface area contributed by atoms with E-state index in [2.05, 4.69) is 25.3 Å². The van der Waals surface area contributed by atoms with Gasteiger partial charge < -0.3 is 15.2 Å². The number of hydrogen-bond donors (Lipinski definition) is 1. The molecular weight excluding hydrogens is 262 g/mol. The van der Waals surface area contributed by atoms with Crippen LogP contribution in [0.1, 0.15) is 38.5 Å². The highest BCUT2D eigenvalue weighted by atomic mass is 16.5. The van der Waals surface area contributed by atoms with Crippen LogP contribution >= 0.6 is 0 Å². The molecule has 1 heterocycles. The number of hydrogen-bond acceptors (Lipinski definition) is 3. The molecular formula is C18H27NO2. The van der Waals surface area contributed by atoms with Crippen molar-refractivity contribution >= 4 is 0 Å². The van der Waals surface area contributed by atoms with Crippen LogP contribution in [0.5, 0.6) is 0 Å². The molecule has 1 atom stereocenters. The van der Waals surface area contributed by atoms with Crippen molar-refractivity contribution in [2.75, 3.05) is 13.2 Å². The molecule has 3 nitrogen and oxygen atoms in total. The van der Waals surface area contributed by atoms with Crippen molar-refractivity contribution in [2.24, 2.45) is 11.7 Å². The predicted molar refractivity (Wildman–Crippen MR) is 86.6 cm³/mol. The van der Waals surface area contributed by atoms with E-state index >= 15 is 0 Å². The van der Waals surface area contributed by atoms with E-state index in [1.165, 1.54) is 24.2 Å². The molecule has 0 amide bonds. The summed E-state index contributed by atoms with van der Waals surface area (Å²) in [4.78, 5) is 0. The molecule has 0 bridgehead atoms. The number of rotatable bonds is 5. The molecule has 0 spiro atoms. The van der Waals surface area contributed by atoms with E-state index in [-0.39, 0.29) is 0 Å². The van der Waals surface area contributed by atoms with E-state index in [9.17, 15) is 0 Å². The summed E-state index contributed by atoms with van der Waals surface area (Å²) in [7, 11) is 0. The third-order valence-corrected chi connectivity index (χ3v) is 3.78. The van der Waals surface area contributed by atoms with Gasteiger partial charge in [0.25, 0.3) is 0 Å². The van der Waals surface area contributed by atoms with E-state index in [0.717, 1.165) is 44.8 Å². The van der Waals surface area contributed by atoms with Gasteiger partial charge in [0, 0.05) is 31.6 Å². The Balaban J connectivity index is 0.000000232. The third kappa shape index (κ3) is 5.80. The van der Waals surface area contributed by atoms with Gasteiger partial charge in [-0.15, -0.1) is 6.58 Å². The lowest BCUT2D eigenvalue weighted by atomic mass is 9.97. The molecule has 3 heteroatoms. The van der Waals surface area contributed by atoms with E-state index in [0.29, 0.717) is 11.8 Å². The second-order valence-corrected chi connectivity index (χ2v) is 5.95. The molecule has 0 aromatic heterocycles. The van der Waals surface area contributed by atoms with Crippen LogP contribution in [0.2, 0.25) is 0 Å². The summed E-state index contributed by atoms with van der Waals surface area (Å²) in [5, 5.41) is 0. The van der Waals surface area contributed by atoms with Crippen molar-refractivity contribution in [3.63, 3.8) is 0 Å². The van der Waals surface area contributed by atoms with Crippen LogP contribution in [-0.4, -0.2) is 19.3 Å². The first-order valence-corrected chi connectivity index (χ1v) is 7.86. The van der Waals surface area contributed by atoms with Gasteiger partial charge in [0.2, 0.25) is 0 Å². The minimum Gasteiger partial charge on any atom is -0.495 e. The Morgan fingerprint density at radius 2 is 2.29 bits per heavy atom. The average molecular weight is 289 g/mol. The van der Waals surface area contributed by atoms with E-state index in [1.54, 1.807) is 6.08 Å². The molecule has 0 aromatic rings.